The summed E-state index contributed by atoms with van der Waals surface area (Å²) in [6.07, 6.45) is -3.06. The lowest BCUT2D eigenvalue weighted by Crippen LogP contribution is -2.45. The molecular formula is C18H25F3N4O. The fourth-order valence-electron chi connectivity index (χ4n) is 2.86. The van der Waals surface area contributed by atoms with Gasteiger partial charge in [-0.2, -0.15) is 13.2 Å². The van der Waals surface area contributed by atoms with Gasteiger partial charge in [-0.15, -0.1) is 0 Å². The van der Waals surface area contributed by atoms with Crippen molar-refractivity contribution in [2.75, 3.05) is 19.6 Å². The average Bonchev–Trinajstić information content (AvgIpc) is 3.07. The van der Waals surface area contributed by atoms with Crippen LogP contribution in [0, 0.1) is 0 Å². The monoisotopic (exact) mass is 370 g/mol. The first-order chi connectivity index (χ1) is 12.3. The van der Waals surface area contributed by atoms with Crippen LogP contribution in [0.25, 0.3) is 0 Å². The summed E-state index contributed by atoms with van der Waals surface area (Å²) in [6.45, 7) is 5.85. The number of nitrogens with zero attached hydrogens (tertiary/aromatic N) is 2. The summed E-state index contributed by atoms with van der Waals surface area (Å²) < 4.78 is 38.4. The Hall–Kier alpha value is -2.25. The molecule has 2 N–H and O–H groups in total. The molecule has 1 fully saturated rings. The molecule has 0 bridgehead atoms. The van der Waals surface area contributed by atoms with E-state index in [9.17, 15) is 18.0 Å². The lowest BCUT2D eigenvalue weighted by atomic mass is 10.1. The van der Waals surface area contributed by atoms with Crippen molar-refractivity contribution in [1.29, 1.82) is 0 Å². The molecule has 0 aliphatic carbocycles. The van der Waals surface area contributed by atoms with Crippen LogP contribution in [0.1, 0.15) is 37.8 Å². The molecule has 1 atom stereocenters. The predicted octanol–water partition coefficient (Wildman–Crippen LogP) is 2.77. The highest BCUT2D eigenvalue weighted by Crippen LogP contribution is 2.29. The van der Waals surface area contributed by atoms with Gasteiger partial charge < -0.3 is 15.5 Å². The number of alkyl halides is 3. The lowest BCUT2D eigenvalue weighted by Gasteiger charge is -2.18. The summed E-state index contributed by atoms with van der Waals surface area (Å²) >= 11 is 0. The Balaban J connectivity index is 2.00. The fraction of sp³-hybridized carbons (Fsp3) is 0.556. The first-order valence-corrected chi connectivity index (χ1v) is 8.82. The van der Waals surface area contributed by atoms with E-state index in [1.165, 1.54) is 6.07 Å². The second kappa shape index (κ2) is 8.91. The van der Waals surface area contributed by atoms with Crippen LogP contribution in [0.4, 0.5) is 13.2 Å². The lowest BCUT2D eigenvalue weighted by molar-refractivity contribution is -0.137. The number of hydrogen-bond donors (Lipinski definition) is 2. The van der Waals surface area contributed by atoms with Crippen LogP contribution >= 0.6 is 0 Å². The molecule has 0 spiro atoms. The Kier molecular flexibility index (Phi) is 6.88. The molecule has 1 unspecified atom stereocenters. The average molecular weight is 370 g/mol. The molecule has 1 aliphatic rings. The fourth-order valence-corrected chi connectivity index (χ4v) is 2.86. The van der Waals surface area contributed by atoms with Gasteiger partial charge in [-0.25, -0.2) is 4.99 Å². The highest BCUT2D eigenvalue weighted by molar-refractivity contribution is 5.80. The molecule has 144 valence electrons. The molecule has 1 aromatic carbocycles. The number of nitrogens with one attached hydrogen (secondary N) is 2. The third-order valence-electron chi connectivity index (χ3n) is 4.20. The third-order valence-corrected chi connectivity index (χ3v) is 4.20. The maximum Gasteiger partial charge on any atom is 0.416 e. The number of amides is 1. The van der Waals surface area contributed by atoms with Gasteiger partial charge in [-0.1, -0.05) is 19.1 Å². The third kappa shape index (κ3) is 5.64. The van der Waals surface area contributed by atoms with E-state index in [4.69, 9.17) is 0 Å². The zero-order chi connectivity index (χ0) is 19.2. The van der Waals surface area contributed by atoms with E-state index in [-0.39, 0.29) is 18.5 Å². The van der Waals surface area contributed by atoms with Gasteiger partial charge in [0.2, 0.25) is 5.91 Å². The smallest absolute Gasteiger partial charge is 0.357 e. The van der Waals surface area contributed by atoms with Crippen LogP contribution in [-0.4, -0.2) is 42.4 Å². The Bertz CT molecular complexity index is 646. The number of aliphatic imine (C=N–C) groups is 1. The van der Waals surface area contributed by atoms with Gasteiger partial charge in [0.05, 0.1) is 12.1 Å². The normalized spacial score (nSPS) is 18.1. The van der Waals surface area contributed by atoms with Crippen molar-refractivity contribution in [3.05, 3.63) is 35.4 Å². The van der Waals surface area contributed by atoms with Gasteiger partial charge in [-0.3, -0.25) is 4.79 Å². The molecule has 5 nitrogen and oxygen atoms in total. The van der Waals surface area contributed by atoms with Crippen molar-refractivity contribution < 1.29 is 18.0 Å². The maximum absolute atomic E-state index is 12.8. The molecule has 26 heavy (non-hydrogen) atoms. The first-order valence-electron chi connectivity index (χ1n) is 8.82. The number of guanidine groups is 1. The molecule has 0 aromatic heterocycles. The second-order valence-electron chi connectivity index (χ2n) is 6.22. The molecule has 2 rings (SSSR count). The minimum absolute atomic E-state index is 0.0878. The minimum atomic E-state index is -4.36. The summed E-state index contributed by atoms with van der Waals surface area (Å²) in [5.74, 6) is 0.668. The molecule has 8 heteroatoms. The van der Waals surface area contributed by atoms with Gasteiger partial charge in [-0.05, 0) is 31.0 Å². The van der Waals surface area contributed by atoms with E-state index in [2.05, 4.69) is 15.6 Å². The standard InChI is InChI=1S/C18H25F3N4O/c1-3-16(26)25-9-8-15(12-25)24-17(22-4-2)23-11-13-6-5-7-14(10-13)18(19,20)21/h5-7,10,15H,3-4,8-9,11-12H2,1-2H3,(H2,22,23,24). The molecule has 1 amide bonds. The van der Waals surface area contributed by atoms with Crippen LogP contribution in [-0.2, 0) is 17.5 Å². The molecule has 0 saturated carbocycles. The topological polar surface area (TPSA) is 56.7 Å². The van der Waals surface area contributed by atoms with Crippen molar-refractivity contribution in [2.24, 2.45) is 4.99 Å². The molecular weight excluding hydrogens is 345 g/mol. The van der Waals surface area contributed by atoms with Crippen LogP contribution in [0.3, 0.4) is 0 Å². The number of carbonyl (C=O) groups excluding carboxylic acids is 1. The number of halogens is 3. The SMILES string of the molecule is CCNC(=NCc1cccc(C(F)(F)F)c1)NC1CCN(C(=O)CC)C1. The minimum Gasteiger partial charge on any atom is -0.357 e. The number of likely N-dealkylation sites (tertiary alicyclic amines) is 1. The van der Waals surface area contributed by atoms with Crippen LogP contribution in [0.5, 0.6) is 0 Å². The Morgan fingerprint density at radius 3 is 2.77 bits per heavy atom. The van der Waals surface area contributed by atoms with Crippen molar-refractivity contribution in [3.63, 3.8) is 0 Å². The number of hydrogen-bond acceptors (Lipinski definition) is 2. The van der Waals surface area contributed by atoms with Gasteiger partial charge in [0.25, 0.3) is 0 Å². The molecule has 1 saturated heterocycles. The molecule has 0 radical (unpaired) electrons. The number of carbonyl (C=O) groups is 1. The van der Waals surface area contributed by atoms with Gasteiger partial charge >= 0.3 is 6.18 Å². The van der Waals surface area contributed by atoms with Crippen molar-refractivity contribution in [3.8, 4) is 0 Å². The largest absolute Gasteiger partial charge is 0.416 e. The van der Waals surface area contributed by atoms with Crippen LogP contribution < -0.4 is 10.6 Å². The Morgan fingerprint density at radius 1 is 1.35 bits per heavy atom. The first kappa shape index (κ1) is 20.1. The van der Waals surface area contributed by atoms with Gasteiger partial charge in [0.15, 0.2) is 5.96 Å². The summed E-state index contributed by atoms with van der Waals surface area (Å²) in [5, 5.41) is 6.36. The number of rotatable bonds is 5. The quantitative estimate of drug-likeness (QED) is 0.619. The zero-order valence-corrected chi connectivity index (χ0v) is 15.1. The highest BCUT2D eigenvalue weighted by Gasteiger charge is 2.30. The van der Waals surface area contributed by atoms with E-state index >= 15 is 0 Å². The van der Waals surface area contributed by atoms with Crippen LogP contribution in [0.15, 0.2) is 29.3 Å². The van der Waals surface area contributed by atoms with Crippen molar-refractivity contribution in [2.45, 2.75) is 45.5 Å². The van der Waals surface area contributed by atoms with E-state index in [0.29, 0.717) is 37.6 Å². The predicted molar refractivity (Wildman–Crippen MR) is 94.7 cm³/mol. The second-order valence-corrected chi connectivity index (χ2v) is 6.22. The van der Waals surface area contributed by atoms with E-state index in [1.54, 1.807) is 6.07 Å². The van der Waals surface area contributed by atoms with E-state index in [1.807, 2.05) is 18.7 Å². The summed E-state index contributed by atoms with van der Waals surface area (Å²) in [5.41, 5.74) is -0.182. The number of benzene rings is 1. The molecule has 1 aromatic rings. The maximum atomic E-state index is 12.8. The highest BCUT2D eigenvalue weighted by atomic mass is 19.4. The summed E-state index contributed by atoms with van der Waals surface area (Å²) in [4.78, 5) is 18.0. The van der Waals surface area contributed by atoms with Gasteiger partial charge in [0, 0.05) is 32.1 Å². The van der Waals surface area contributed by atoms with Crippen LogP contribution in [0.2, 0.25) is 0 Å². The molecule has 1 aliphatic heterocycles. The van der Waals surface area contributed by atoms with Crippen molar-refractivity contribution in [1.82, 2.24) is 15.5 Å². The Labute approximate surface area is 151 Å². The van der Waals surface area contributed by atoms with E-state index < -0.39 is 11.7 Å². The zero-order valence-electron chi connectivity index (χ0n) is 15.1. The summed E-state index contributed by atoms with van der Waals surface area (Å²) in [6, 6.07) is 5.27. The van der Waals surface area contributed by atoms with E-state index in [0.717, 1.165) is 18.6 Å². The summed E-state index contributed by atoms with van der Waals surface area (Å²) in [7, 11) is 0. The Morgan fingerprint density at radius 2 is 2.12 bits per heavy atom. The van der Waals surface area contributed by atoms with Gasteiger partial charge in [0.1, 0.15) is 0 Å². The van der Waals surface area contributed by atoms with Crippen molar-refractivity contribution >= 4 is 11.9 Å². The molecule has 1 heterocycles.